The number of H-pyrrole nitrogens is 1. The number of halogens is 1. The van der Waals surface area contributed by atoms with E-state index in [1.807, 2.05) is 12.1 Å². The fraction of sp³-hybridized carbons (Fsp3) is 0.190. The minimum Gasteiger partial charge on any atom is -0.350 e. The van der Waals surface area contributed by atoms with Gasteiger partial charge in [-0.2, -0.15) is 0 Å². The molecule has 0 radical (unpaired) electrons. The molecule has 3 aromatic rings. The summed E-state index contributed by atoms with van der Waals surface area (Å²) in [6.45, 7) is 0.887. The van der Waals surface area contributed by atoms with Gasteiger partial charge in [-0.25, -0.2) is 9.18 Å². The molecule has 0 atom stereocenters. The first kappa shape index (κ1) is 18.7. The summed E-state index contributed by atoms with van der Waals surface area (Å²) in [5, 5.41) is 8.92. The standard InChI is InChI=1S/C21H20FN5O2/c22-15-3-4-17-16(10-15)18-14(6-9-24-20(28)19(18)27-17)12-26-21(29)25-8-5-13-2-1-7-23-11-13/h1-4,7,10-12,27H,5-6,8-9H2,(H,24,28)(H2,25,26,29). The summed E-state index contributed by atoms with van der Waals surface area (Å²) < 4.78 is 13.8. The number of urea groups is 1. The Bertz CT molecular complexity index is 1090. The quantitative estimate of drug-likeness (QED) is 0.548. The monoisotopic (exact) mass is 393 g/mol. The molecule has 0 saturated carbocycles. The number of rotatable bonds is 4. The fourth-order valence-electron chi connectivity index (χ4n) is 3.41. The van der Waals surface area contributed by atoms with Crippen molar-refractivity contribution >= 4 is 28.4 Å². The largest absolute Gasteiger partial charge is 0.350 e. The Hall–Kier alpha value is -3.68. The Morgan fingerprint density at radius 2 is 2.21 bits per heavy atom. The molecule has 1 aromatic carbocycles. The van der Waals surface area contributed by atoms with Gasteiger partial charge in [0.05, 0.1) is 0 Å². The number of carbonyl (C=O) groups excluding carboxylic acids is 2. The lowest BCUT2D eigenvalue weighted by Gasteiger charge is -2.08. The molecule has 3 heterocycles. The average molecular weight is 393 g/mol. The second kappa shape index (κ2) is 8.14. The maximum atomic E-state index is 13.8. The molecule has 1 aliphatic rings. The molecule has 0 saturated heterocycles. The van der Waals surface area contributed by atoms with E-state index in [1.54, 1.807) is 24.7 Å². The van der Waals surface area contributed by atoms with Crippen molar-refractivity contribution in [2.75, 3.05) is 13.1 Å². The van der Waals surface area contributed by atoms with E-state index < -0.39 is 0 Å². The van der Waals surface area contributed by atoms with Crippen LogP contribution < -0.4 is 16.0 Å². The molecule has 29 heavy (non-hydrogen) atoms. The van der Waals surface area contributed by atoms with E-state index in [0.29, 0.717) is 48.1 Å². The van der Waals surface area contributed by atoms with Crippen LogP contribution in [0, 0.1) is 5.82 Å². The van der Waals surface area contributed by atoms with Crippen LogP contribution in [0.25, 0.3) is 16.5 Å². The van der Waals surface area contributed by atoms with Crippen molar-refractivity contribution in [3.8, 4) is 0 Å². The van der Waals surface area contributed by atoms with Crippen molar-refractivity contribution in [3.63, 3.8) is 0 Å². The number of fused-ring (bicyclic) bond motifs is 3. The smallest absolute Gasteiger partial charge is 0.318 e. The summed E-state index contributed by atoms with van der Waals surface area (Å²) in [5.74, 6) is -0.634. The molecule has 2 aromatic heterocycles. The van der Waals surface area contributed by atoms with Crippen molar-refractivity contribution in [2.24, 2.45) is 0 Å². The second-order valence-corrected chi connectivity index (χ2v) is 6.75. The number of pyridine rings is 1. The molecule has 7 nitrogen and oxygen atoms in total. The number of hydrogen-bond donors (Lipinski definition) is 4. The number of aromatic nitrogens is 2. The van der Waals surface area contributed by atoms with E-state index >= 15 is 0 Å². The van der Waals surface area contributed by atoms with Crippen molar-refractivity contribution < 1.29 is 14.0 Å². The van der Waals surface area contributed by atoms with Gasteiger partial charge >= 0.3 is 6.03 Å². The van der Waals surface area contributed by atoms with Gasteiger partial charge < -0.3 is 20.9 Å². The number of aromatic amines is 1. The van der Waals surface area contributed by atoms with E-state index in [4.69, 9.17) is 0 Å². The Kier molecular flexibility index (Phi) is 5.24. The number of hydrogen-bond acceptors (Lipinski definition) is 3. The van der Waals surface area contributed by atoms with Crippen LogP contribution in [0.5, 0.6) is 0 Å². The first-order valence-electron chi connectivity index (χ1n) is 9.34. The zero-order chi connectivity index (χ0) is 20.2. The van der Waals surface area contributed by atoms with Crippen LogP contribution in [0.15, 0.2) is 48.9 Å². The third kappa shape index (κ3) is 4.11. The molecular weight excluding hydrogens is 373 g/mol. The van der Waals surface area contributed by atoms with Crippen molar-refractivity contribution in [3.05, 3.63) is 71.6 Å². The molecule has 148 valence electrons. The van der Waals surface area contributed by atoms with Crippen LogP contribution in [0.4, 0.5) is 9.18 Å². The lowest BCUT2D eigenvalue weighted by Crippen LogP contribution is -2.33. The number of amides is 3. The molecule has 0 aliphatic carbocycles. The van der Waals surface area contributed by atoms with Crippen LogP contribution in [0.2, 0.25) is 0 Å². The molecule has 0 unspecified atom stereocenters. The van der Waals surface area contributed by atoms with Gasteiger partial charge in [-0.3, -0.25) is 9.78 Å². The average Bonchev–Trinajstić information content (AvgIpc) is 3.02. The minimum atomic E-state index is -0.385. The number of carbonyl (C=O) groups is 2. The molecule has 3 amide bonds. The Morgan fingerprint density at radius 1 is 1.31 bits per heavy atom. The van der Waals surface area contributed by atoms with Gasteiger partial charge in [-0.15, -0.1) is 0 Å². The highest BCUT2D eigenvalue weighted by Gasteiger charge is 2.24. The van der Waals surface area contributed by atoms with Crippen molar-refractivity contribution in [1.82, 2.24) is 25.9 Å². The molecule has 0 spiro atoms. The zero-order valence-electron chi connectivity index (χ0n) is 15.6. The highest BCUT2D eigenvalue weighted by molar-refractivity contribution is 6.07. The van der Waals surface area contributed by atoms with E-state index in [0.717, 1.165) is 11.1 Å². The molecule has 4 rings (SSSR count). The summed E-state index contributed by atoms with van der Waals surface area (Å²) in [4.78, 5) is 31.6. The van der Waals surface area contributed by atoms with Crippen molar-refractivity contribution in [2.45, 2.75) is 12.8 Å². The third-order valence-corrected chi connectivity index (χ3v) is 4.79. The Morgan fingerprint density at radius 3 is 3.03 bits per heavy atom. The SMILES string of the molecule is O=C(NC=C1CCNC(=O)c2[nH]c3ccc(F)cc3c21)NCCc1cccnc1. The Labute approximate surface area is 166 Å². The van der Waals surface area contributed by atoms with Crippen LogP contribution >= 0.6 is 0 Å². The zero-order valence-corrected chi connectivity index (χ0v) is 15.6. The highest BCUT2D eigenvalue weighted by atomic mass is 19.1. The topological polar surface area (TPSA) is 98.9 Å². The number of nitrogens with zero attached hydrogens (tertiary/aromatic N) is 1. The predicted molar refractivity (Wildman–Crippen MR) is 108 cm³/mol. The maximum absolute atomic E-state index is 13.8. The van der Waals surface area contributed by atoms with E-state index in [1.165, 1.54) is 12.1 Å². The van der Waals surface area contributed by atoms with Gasteiger partial charge in [0.15, 0.2) is 0 Å². The summed E-state index contributed by atoms with van der Waals surface area (Å²) in [5.41, 5.74) is 3.43. The van der Waals surface area contributed by atoms with E-state index in [9.17, 15) is 14.0 Å². The molecule has 0 bridgehead atoms. The molecule has 1 aliphatic heterocycles. The molecule has 4 N–H and O–H groups in total. The van der Waals surface area contributed by atoms with E-state index in [-0.39, 0.29) is 17.8 Å². The lowest BCUT2D eigenvalue weighted by atomic mass is 10.0. The first-order chi connectivity index (χ1) is 14.1. The van der Waals surface area contributed by atoms with Gasteiger partial charge in [-0.05, 0) is 48.2 Å². The molecular formula is C21H20FN5O2. The summed E-state index contributed by atoms with van der Waals surface area (Å²) >= 11 is 0. The van der Waals surface area contributed by atoms with Gasteiger partial charge in [-0.1, -0.05) is 6.07 Å². The summed E-state index contributed by atoms with van der Waals surface area (Å²) in [6, 6.07) is 7.78. The first-order valence-corrected chi connectivity index (χ1v) is 9.34. The van der Waals surface area contributed by atoms with Crippen molar-refractivity contribution in [1.29, 1.82) is 0 Å². The van der Waals surface area contributed by atoms with Gasteiger partial charge in [0.25, 0.3) is 5.91 Å². The normalized spacial score (nSPS) is 14.9. The van der Waals surface area contributed by atoms with Crippen LogP contribution in [-0.2, 0) is 6.42 Å². The lowest BCUT2D eigenvalue weighted by molar-refractivity contribution is 0.0952. The second-order valence-electron chi connectivity index (χ2n) is 6.75. The summed E-state index contributed by atoms with van der Waals surface area (Å²) in [6.07, 6.45) is 6.22. The van der Waals surface area contributed by atoms with E-state index in [2.05, 4.69) is 25.9 Å². The van der Waals surface area contributed by atoms with Crippen LogP contribution in [0.1, 0.15) is 28.0 Å². The van der Waals surface area contributed by atoms with Crippen LogP contribution in [-0.4, -0.2) is 35.0 Å². The Balaban J connectivity index is 1.50. The number of benzene rings is 1. The maximum Gasteiger partial charge on any atom is 0.318 e. The molecule has 0 fully saturated rings. The molecule has 8 heteroatoms. The summed E-state index contributed by atoms with van der Waals surface area (Å²) in [7, 11) is 0. The van der Waals surface area contributed by atoms with Gasteiger partial charge in [0.2, 0.25) is 0 Å². The minimum absolute atomic E-state index is 0.249. The highest BCUT2D eigenvalue weighted by Crippen LogP contribution is 2.32. The predicted octanol–water partition coefficient (Wildman–Crippen LogP) is 2.72. The number of nitrogens with one attached hydrogen (secondary N) is 4. The van der Waals surface area contributed by atoms with Gasteiger partial charge in [0, 0.05) is 48.1 Å². The van der Waals surface area contributed by atoms with Gasteiger partial charge in [0.1, 0.15) is 11.5 Å². The van der Waals surface area contributed by atoms with Crippen LogP contribution in [0.3, 0.4) is 0 Å². The third-order valence-electron chi connectivity index (χ3n) is 4.79. The fourth-order valence-corrected chi connectivity index (χ4v) is 3.41.